The van der Waals surface area contributed by atoms with Crippen molar-refractivity contribution in [2.45, 2.75) is 38.0 Å². The highest BCUT2D eigenvalue weighted by Crippen LogP contribution is 2.36. The van der Waals surface area contributed by atoms with Crippen molar-refractivity contribution < 1.29 is 0 Å². The smallest absolute Gasteiger partial charge is 0.128 e. The second-order valence-electron chi connectivity index (χ2n) is 4.20. The zero-order valence-electron chi connectivity index (χ0n) is 10.6. The molecule has 0 fully saturated rings. The summed E-state index contributed by atoms with van der Waals surface area (Å²) in [6.07, 6.45) is 0. The summed E-state index contributed by atoms with van der Waals surface area (Å²) in [5.74, 6) is 0.838. The number of aryl methyl sites for hydroxylation is 3. The molecule has 5 heteroatoms. The maximum absolute atomic E-state index is 5.68. The molecule has 2 aromatic rings. The lowest BCUT2D eigenvalue weighted by molar-refractivity contribution is 0.939. The van der Waals surface area contributed by atoms with Gasteiger partial charge in [-0.2, -0.15) is 0 Å². The van der Waals surface area contributed by atoms with E-state index in [0.717, 1.165) is 15.7 Å². The third kappa shape index (κ3) is 2.46. The van der Waals surface area contributed by atoms with E-state index in [1.165, 1.54) is 15.8 Å². The van der Waals surface area contributed by atoms with Crippen molar-refractivity contribution in [3.8, 4) is 0 Å². The Morgan fingerprint density at radius 2 is 2.00 bits per heavy atom. The van der Waals surface area contributed by atoms with E-state index in [1.54, 1.807) is 23.1 Å². The lowest BCUT2D eigenvalue weighted by atomic mass is 10.2. The second-order valence-corrected chi connectivity index (χ2v) is 6.83. The fourth-order valence-corrected chi connectivity index (χ4v) is 3.81. The molecule has 2 heterocycles. The molecule has 0 aliphatic rings. The van der Waals surface area contributed by atoms with E-state index in [9.17, 15) is 0 Å². The van der Waals surface area contributed by atoms with Crippen LogP contribution in [0.3, 0.4) is 0 Å². The van der Waals surface area contributed by atoms with Crippen molar-refractivity contribution in [3.05, 3.63) is 16.3 Å². The molecular weight excluding hydrogens is 250 g/mol. The third-order valence-electron chi connectivity index (χ3n) is 2.75. The van der Waals surface area contributed by atoms with Gasteiger partial charge < -0.3 is 5.73 Å². The standard InChI is InChI=1S/C12H17N3S2/c1-6(5-13)16-11-10-7(2)8(3)17-12(10)15-9(4)14-11/h6H,5,13H2,1-4H3. The van der Waals surface area contributed by atoms with Crippen LogP contribution in [0.1, 0.15) is 23.2 Å². The number of thiophene rings is 1. The Hall–Kier alpha value is -0.650. The first-order valence-corrected chi connectivity index (χ1v) is 7.33. The SMILES string of the molecule is Cc1nc(SC(C)CN)c2c(C)c(C)sc2n1. The summed E-state index contributed by atoms with van der Waals surface area (Å²) in [5, 5.41) is 2.67. The molecule has 92 valence electrons. The third-order valence-corrected chi connectivity index (χ3v) is 4.97. The second kappa shape index (κ2) is 4.92. The van der Waals surface area contributed by atoms with Crippen molar-refractivity contribution in [1.82, 2.24) is 9.97 Å². The summed E-state index contributed by atoms with van der Waals surface area (Å²) in [7, 11) is 0. The molecule has 2 N–H and O–H groups in total. The number of rotatable bonds is 3. The molecule has 1 unspecified atom stereocenters. The highest BCUT2D eigenvalue weighted by molar-refractivity contribution is 8.00. The fourth-order valence-electron chi connectivity index (χ4n) is 1.64. The number of nitrogens with two attached hydrogens (primary N) is 1. The van der Waals surface area contributed by atoms with E-state index in [2.05, 4.69) is 30.7 Å². The molecule has 0 spiro atoms. The Balaban J connectivity index is 2.59. The average molecular weight is 267 g/mol. The van der Waals surface area contributed by atoms with E-state index in [0.29, 0.717) is 11.8 Å². The molecule has 2 aromatic heterocycles. The minimum absolute atomic E-state index is 0.382. The normalized spacial score (nSPS) is 13.2. The Morgan fingerprint density at radius 1 is 1.29 bits per heavy atom. The molecule has 0 aliphatic heterocycles. The number of hydrogen-bond acceptors (Lipinski definition) is 5. The summed E-state index contributed by atoms with van der Waals surface area (Å²) < 4.78 is 0. The first kappa shape index (κ1) is 12.8. The zero-order valence-corrected chi connectivity index (χ0v) is 12.2. The van der Waals surface area contributed by atoms with Gasteiger partial charge in [0.15, 0.2) is 0 Å². The van der Waals surface area contributed by atoms with E-state index < -0.39 is 0 Å². The lowest BCUT2D eigenvalue weighted by Crippen LogP contribution is -2.12. The first-order chi connectivity index (χ1) is 8.02. The van der Waals surface area contributed by atoms with Crippen molar-refractivity contribution in [2.75, 3.05) is 6.54 Å². The summed E-state index contributed by atoms with van der Waals surface area (Å²) in [4.78, 5) is 11.5. The average Bonchev–Trinajstić information content (AvgIpc) is 2.54. The van der Waals surface area contributed by atoms with E-state index in [1.807, 2.05) is 6.92 Å². The van der Waals surface area contributed by atoms with Crippen LogP contribution in [-0.2, 0) is 0 Å². The Labute approximate surface area is 110 Å². The van der Waals surface area contributed by atoms with E-state index >= 15 is 0 Å². The maximum atomic E-state index is 5.68. The number of hydrogen-bond donors (Lipinski definition) is 1. The van der Waals surface area contributed by atoms with Crippen LogP contribution in [0.4, 0.5) is 0 Å². The molecule has 0 bridgehead atoms. The minimum Gasteiger partial charge on any atom is -0.329 e. The predicted octanol–water partition coefficient (Wildman–Crippen LogP) is 3.06. The van der Waals surface area contributed by atoms with Gasteiger partial charge in [0.25, 0.3) is 0 Å². The van der Waals surface area contributed by atoms with Crippen LogP contribution >= 0.6 is 23.1 Å². The molecule has 0 amide bonds. The van der Waals surface area contributed by atoms with Crippen LogP contribution in [0, 0.1) is 20.8 Å². The molecule has 0 saturated carbocycles. The number of nitrogens with zero attached hydrogens (tertiary/aromatic N) is 2. The van der Waals surface area contributed by atoms with Gasteiger partial charge >= 0.3 is 0 Å². The molecule has 2 rings (SSSR count). The van der Waals surface area contributed by atoms with Crippen LogP contribution in [0.15, 0.2) is 5.03 Å². The van der Waals surface area contributed by atoms with Gasteiger partial charge in [0.05, 0.1) is 0 Å². The summed E-state index contributed by atoms with van der Waals surface area (Å²) >= 11 is 3.49. The molecule has 0 saturated heterocycles. The van der Waals surface area contributed by atoms with Gasteiger partial charge in [-0.25, -0.2) is 9.97 Å². The molecular formula is C12H17N3S2. The number of fused-ring (bicyclic) bond motifs is 1. The Bertz CT molecular complexity index is 548. The largest absolute Gasteiger partial charge is 0.329 e. The number of thioether (sulfide) groups is 1. The van der Waals surface area contributed by atoms with Crippen LogP contribution < -0.4 is 5.73 Å². The first-order valence-electron chi connectivity index (χ1n) is 5.64. The molecule has 17 heavy (non-hydrogen) atoms. The summed E-state index contributed by atoms with van der Waals surface area (Å²) in [6.45, 7) is 9.02. The molecule has 0 radical (unpaired) electrons. The molecule has 0 aromatic carbocycles. The summed E-state index contributed by atoms with van der Waals surface area (Å²) in [6, 6.07) is 0. The Morgan fingerprint density at radius 3 is 2.65 bits per heavy atom. The van der Waals surface area contributed by atoms with Crippen LogP contribution in [0.2, 0.25) is 0 Å². The van der Waals surface area contributed by atoms with E-state index in [-0.39, 0.29) is 0 Å². The van der Waals surface area contributed by atoms with Crippen molar-refractivity contribution in [1.29, 1.82) is 0 Å². The molecule has 3 nitrogen and oxygen atoms in total. The monoisotopic (exact) mass is 267 g/mol. The van der Waals surface area contributed by atoms with Gasteiger partial charge in [-0.15, -0.1) is 23.1 Å². The highest BCUT2D eigenvalue weighted by atomic mass is 32.2. The van der Waals surface area contributed by atoms with E-state index in [4.69, 9.17) is 5.73 Å². The van der Waals surface area contributed by atoms with Crippen molar-refractivity contribution in [2.24, 2.45) is 5.73 Å². The van der Waals surface area contributed by atoms with Gasteiger partial charge in [0, 0.05) is 22.1 Å². The van der Waals surface area contributed by atoms with Gasteiger partial charge in [0.2, 0.25) is 0 Å². The quantitative estimate of drug-likeness (QED) is 0.686. The molecule has 1 atom stereocenters. The van der Waals surface area contributed by atoms with Crippen LogP contribution in [0.25, 0.3) is 10.2 Å². The van der Waals surface area contributed by atoms with Gasteiger partial charge in [-0.3, -0.25) is 0 Å². The fraction of sp³-hybridized carbons (Fsp3) is 0.500. The number of aromatic nitrogens is 2. The van der Waals surface area contributed by atoms with Crippen molar-refractivity contribution in [3.63, 3.8) is 0 Å². The Kier molecular flexibility index (Phi) is 3.70. The van der Waals surface area contributed by atoms with Gasteiger partial charge in [0.1, 0.15) is 15.7 Å². The zero-order chi connectivity index (χ0) is 12.6. The minimum atomic E-state index is 0.382. The topological polar surface area (TPSA) is 51.8 Å². The highest BCUT2D eigenvalue weighted by Gasteiger charge is 2.15. The van der Waals surface area contributed by atoms with Gasteiger partial charge in [-0.1, -0.05) is 6.92 Å². The maximum Gasteiger partial charge on any atom is 0.128 e. The lowest BCUT2D eigenvalue weighted by Gasteiger charge is -2.09. The molecule has 0 aliphatic carbocycles. The summed E-state index contributed by atoms with van der Waals surface area (Å²) in [5.41, 5.74) is 6.99. The van der Waals surface area contributed by atoms with Crippen molar-refractivity contribution >= 4 is 33.3 Å². The van der Waals surface area contributed by atoms with Crippen LogP contribution in [0.5, 0.6) is 0 Å². The van der Waals surface area contributed by atoms with Gasteiger partial charge in [-0.05, 0) is 26.3 Å². The predicted molar refractivity (Wildman–Crippen MR) is 76.0 cm³/mol. The van der Waals surface area contributed by atoms with Crippen LogP contribution in [-0.4, -0.2) is 21.8 Å².